The molecular formula is C14H12. The average molecular weight is 180 g/mol. The summed E-state index contributed by atoms with van der Waals surface area (Å²) in [4.78, 5) is 0. The van der Waals surface area contributed by atoms with Crippen molar-refractivity contribution in [1.29, 1.82) is 0 Å². The highest BCUT2D eigenvalue weighted by Gasteiger charge is 2.64. The zero-order valence-corrected chi connectivity index (χ0v) is 8.14. The van der Waals surface area contributed by atoms with Crippen LogP contribution in [0.25, 0.3) is 0 Å². The fourth-order valence-corrected chi connectivity index (χ4v) is 5.65. The molecule has 0 amide bonds. The first-order chi connectivity index (χ1) is 6.93. The van der Waals surface area contributed by atoms with Crippen LogP contribution < -0.4 is 0 Å². The fraction of sp³-hybridized carbons (Fsp3) is 0.571. The van der Waals surface area contributed by atoms with Crippen LogP contribution >= 0.6 is 0 Å². The highest BCUT2D eigenvalue weighted by molar-refractivity contribution is 5.73. The second-order valence-electron chi connectivity index (χ2n) is 6.09. The van der Waals surface area contributed by atoms with Gasteiger partial charge in [-0.3, -0.25) is 0 Å². The molecule has 4 atom stereocenters. The molecule has 5 bridgehead atoms. The van der Waals surface area contributed by atoms with Crippen molar-refractivity contribution in [1.82, 2.24) is 0 Å². The number of rotatable bonds is 0. The number of hydrogen-bond acceptors (Lipinski definition) is 0. The lowest BCUT2D eigenvalue weighted by Gasteiger charge is -2.60. The summed E-state index contributed by atoms with van der Waals surface area (Å²) in [7, 11) is 0. The van der Waals surface area contributed by atoms with Crippen molar-refractivity contribution in [2.45, 2.75) is 25.7 Å². The third kappa shape index (κ3) is 0.334. The summed E-state index contributed by atoms with van der Waals surface area (Å²) in [5.74, 6) is 4.17. The molecule has 6 rings (SSSR count). The van der Waals surface area contributed by atoms with Gasteiger partial charge in [0.25, 0.3) is 0 Å². The van der Waals surface area contributed by atoms with Gasteiger partial charge in [-0.25, -0.2) is 0 Å². The van der Waals surface area contributed by atoms with Crippen molar-refractivity contribution >= 4 is 0 Å². The van der Waals surface area contributed by atoms with Gasteiger partial charge in [0.05, 0.1) is 0 Å². The van der Waals surface area contributed by atoms with E-state index in [0.29, 0.717) is 0 Å². The average Bonchev–Trinajstić information content (AvgIpc) is 2.49. The van der Waals surface area contributed by atoms with Crippen LogP contribution in [0.5, 0.6) is 0 Å². The van der Waals surface area contributed by atoms with Gasteiger partial charge in [0.1, 0.15) is 0 Å². The van der Waals surface area contributed by atoms with Crippen LogP contribution in [0.2, 0.25) is 0 Å². The van der Waals surface area contributed by atoms with E-state index in [1.807, 2.05) is 33.4 Å². The molecule has 0 heterocycles. The van der Waals surface area contributed by atoms with Gasteiger partial charge in [-0.2, -0.15) is 0 Å². The summed E-state index contributed by atoms with van der Waals surface area (Å²) in [5, 5.41) is 0. The normalized spacial score (nSPS) is 53.1. The minimum Gasteiger partial charge on any atom is -0.0592 e. The summed E-state index contributed by atoms with van der Waals surface area (Å²) in [6, 6.07) is 0. The summed E-state index contributed by atoms with van der Waals surface area (Å²) in [6.45, 7) is 0. The minimum atomic E-state index is 1.01. The smallest absolute Gasteiger partial charge is 0.00208 e. The highest BCUT2D eigenvalue weighted by atomic mass is 14.7. The summed E-state index contributed by atoms with van der Waals surface area (Å²) in [5.41, 5.74) is 11.3. The Hall–Kier alpha value is -0.780. The Morgan fingerprint density at radius 2 is 1.86 bits per heavy atom. The fourth-order valence-electron chi connectivity index (χ4n) is 5.65. The zero-order chi connectivity index (χ0) is 8.60. The van der Waals surface area contributed by atoms with Gasteiger partial charge in [0, 0.05) is 0 Å². The van der Waals surface area contributed by atoms with Gasteiger partial charge in [-0.1, -0.05) is 11.1 Å². The lowest BCUT2D eigenvalue weighted by atomic mass is 9.44. The monoisotopic (exact) mass is 180 g/mol. The van der Waals surface area contributed by atoms with Gasteiger partial charge in [0.2, 0.25) is 0 Å². The zero-order valence-electron chi connectivity index (χ0n) is 8.14. The molecule has 2 saturated carbocycles. The van der Waals surface area contributed by atoms with Crippen molar-refractivity contribution in [2.24, 2.45) is 23.7 Å². The van der Waals surface area contributed by atoms with Crippen molar-refractivity contribution in [3.63, 3.8) is 0 Å². The lowest BCUT2D eigenvalue weighted by molar-refractivity contribution is 0.166. The molecule has 0 saturated heterocycles. The van der Waals surface area contributed by atoms with Crippen molar-refractivity contribution < 1.29 is 0 Å². The van der Waals surface area contributed by atoms with Crippen molar-refractivity contribution in [2.75, 3.05) is 0 Å². The maximum Gasteiger partial charge on any atom is -0.00208 e. The van der Waals surface area contributed by atoms with Gasteiger partial charge in [-0.15, -0.1) is 0 Å². The van der Waals surface area contributed by atoms with Crippen molar-refractivity contribution in [3.05, 3.63) is 33.4 Å². The van der Waals surface area contributed by atoms with E-state index in [2.05, 4.69) is 0 Å². The molecule has 0 aromatic heterocycles. The third-order valence-corrected chi connectivity index (χ3v) is 6.02. The SMILES string of the molecule is C1C2=C3CC4C5=C3CC2CC2C1=C5C24. The van der Waals surface area contributed by atoms with E-state index in [0.717, 1.165) is 23.7 Å². The van der Waals surface area contributed by atoms with Crippen LogP contribution in [0.1, 0.15) is 25.7 Å². The third-order valence-electron chi connectivity index (χ3n) is 6.02. The summed E-state index contributed by atoms with van der Waals surface area (Å²) >= 11 is 0. The predicted molar refractivity (Wildman–Crippen MR) is 53.5 cm³/mol. The number of hydrogen-bond donors (Lipinski definition) is 0. The molecule has 68 valence electrons. The number of fused-ring (bicyclic) bond motifs is 2. The standard InChI is InChI=1S/C14H12/c1-5-2-9-10-3-6(5)7-4-11-12(8(1)7)14(10)13(9)11/h5,9,11,13H,1-4H2. The quantitative estimate of drug-likeness (QED) is 0.537. The minimum absolute atomic E-state index is 1.01. The van der Waals surface area contributed by atoms with Crippen LogP contribution in [-0.4, -0.2) is 0 Å². The van der Waals surface area contributed by atoms with Gasteiger partial charge in [-0.05, 0) is 71.6 Å². The first-order valence-corrected chi connectivity index (χ1v) is 6.12. The highest BCUT2D eigenvalue weighted by Crippen LogP contribution is 2.76. The van der Waals surface area contributed by atoms with Crippen molar-refractivity contribution in [3.8, 4) is 0 Å². The Morgan fingerprint density at radius 3 is 2.86 bits per heavy atom. The van der Waals surface area contributed by atoms with Gasteiger partial charge < -0.3 is 0 Å². The molecule has 6 aliphatic carbocycles. The Bertz CT molecular complexity index is 526. The van der Waals surface area contributed by atoms with Crippen LogP contribution in [0, 0.1) is 23.7 Å². The van der Waals surface area contributed by atoms with Crippen LogP contribution in [0.3, 0.4) is 0 Å². The molecule has 4 unspecified atom stereocenters. The second-order valence-corrected chi connectivity index (χ2v) is 6.09. The summed E-state index contributed by atoms with van der Waals surface area (Å²) in [6.07, 6.45) is 5.87. The Morgan fingerprint density at radius 1 is 0.857 bits per heavy atom. The van der Waals surface area contributed by atoms with Gasteiger partial charge >= 0.3 is 0 Å². The lowest BCUT2D eigenvalue weighted by Crippen LogP contribution is -2.50. The molecule has 0 radical (unpaired) electrons. The molecule has 0 N–H and O–H groups in total. The molecule has 14 heavy (non-hydrogen) atoms. The molecular weight excluding hydrogens is 168 g/mol. The molecule has 0 nitrogen and oxygen atoms in total. The van der Waals surface area contributed by atoms with Crippen LogP contribution in [0.4, 0.5) is 0 Å². The van der Waals surface area contributed by atoms with E-state index < -0.39 is 0 Å². The molecule has 0 aromatic carbocycles. The van der Waals surface area contributed by atoms with E-state index in [4.69, 9.17) is 0 Å². The van der Waals surface area contributed by atoms with Crippen LogP contribution in [0.15, 0.2) is 33.4 Å². The first-order valence-electron chi connectivity index (χ1n) is 6.12. The second kappa shape index (κ2) is 1.39. The molecule has 2 fully saturated rings. The maximum absolute atomic E-state index is 1.90. The first kappa shape index (κ1) is 5.95. The molecule has 0 aliphatic heterocycles. The molecule has 6 aliphatic rings. The van der Waals surface area contributed by atoms with Gasteiger partial charge in [0.15, 0.2) is 0 Å². The largest absolute Gasteiger partial charge is 0.0592 e. The maximum atomic E-state index is 1.90. The molecule has 0 spiro atoms. The summed E-state index contributed by atoms with van der Waals surface area (Å²) < 4.78 is 0. The molecule has 0 heteroatoms. The topological polar surface area (TPSA) is 0 Å². The Balaban J connectivity index is 1.91. The van der Waals surface area contributed by atoms with E-state index in [9.17, 15) is 0 Å². The van der Waals surface area contributed by atoms with E-state index in [1.54, 1.807) is 0 Å². The Labute approximate surface area is 83.4 Å². The number of allylic oxidation sites excluding steroid dienone is 6. The van der Waals surface area contributed by atoms with Crippen LogP contribution in [-0.2, 0) is 0 Å². The van der Waals surface area contributed by atoms with E-state index in [-0.39, 0.29) is 0 Å². The Kier molecular flexibility index (Phi) is 0.592. The molecule has 0 aromatic rings. The predicted octanol–water partition coefficient (Wildman–Crippen LogP) is 2.98. The van der Waals surface area contributed by atoms with E-state index >= 15 is 0 Å². The van der Waals surface area contributed by atoms with E-state index in [1.165, 1.54) is 25.7 Å².